The standard InChI is InChI=1S/C18H21N3O3S.ClH/c1-19(2)13-12-18(22)21-15-9-5-4-8-14(15)20(3)25(23,24)17-11-7-6-10-16(17)21;/h4-11H,12-13H2,1-3H3;1H. The maximum absolute atomic E-state index is 13.0. The Hall–Kier alpha value is -2.09. The summed E-state index contributed by atoms with van der Waals surface area (Å²) < 4.78 is 27.2. The molecule has 0 unspecified atom stereocenters. The van der Waals surface area contributed by atoms with Gasteiger partial charge < -0.3 is 4.90 Å². The SMILES string of the molecule is CN(C)CCC(=O)N1c2ccccc2N(C)S(=O)(=O)c2ccccc21.Cl. The summed E-state index contributed by atoms with van der Waals surface area (Å²) in [6, 6.07) is 13.7. The number of halogens is 1. The van der Waals surface area contributed by atoms with Crippen molar-refractivity contribution in [1.82, 2.24) is 4.90 Å². The number of hydrogen-bond donors (Lipinski definition) is 0. The number of nitrogens with zero attached hydrogens (tertiary/aromatic N) is 3. The van der Waals surface area contributed by atoms with E-state index in [4.69, 9.17) is 0 Å². The molecule has 1 heterocycles. The minimum absolute atomic E-state index is 0. The average molecular weight is 396 g/mol. The van der Waals surface area contributed by atoms with Crippen LogP contribution >= 0.6 is 12.4 Å². The minimum Gasteiger partial charge on any atom is -0.309 e. The molecule has 3 rings (SSSR count). The van der Waals surface area contributed by atoms with Crippen LogP contribution in [-0.4, -0.2) is 46.9 Å². The van der Waals surface area contributed by atoms with Crippen molar-refractivity contribution < 1.29 is 13.2 Å². The smallest absolute Gasteiger partial charge is 0.266 e. The number of sulfonamides is 1. The van der Waals surface area contributed by atoms with Gasteiger partial charge in [0.2, 0.25) is 5.91 Å². The summed E-state index contributed by atoms with van der Waals surface area (Å²) in [5.74, 6) is -0.140. The number of carbonyl (C=O) groups excluding carboxylic acids is 1. The zero-order chi connectivity index (χ0) is 18.2. The van der Waals surface area contributed by atoms with Crippen LogP contribution in [0.4, 0.5) is 17.1 Å². The fourth-order valence-corrected chi connectivity index (χ4v) is 4.27. The maximum Gasteiger partial charge on any atom is 0.266 e. The third-order valence-electron chi connectivity index (χ3n) is 4.23. The molecule has 0 aromatic heterocycles. The van der Waals surface area contributed by atoms with Crippen molar-refractivity contribution >= 4 is 45.4 Å². The zero-order valence-corrected chi connectivity index (χ0v) is 16.5. The van der Waals surface area contributed by atoms with E-state index in [0.29, 0.717) is 30.0 Å². The van der Waals surface area contributed by atoms with Crippen LogP contribution in [-0.2, 0) is 14.8 Å². The summed E-state index contributed by atoms with van der Waals surface area (Å²) in [6.45, 7) is 0.586. The van der Waals surface area contributed by atoms with E-state index in [1.54, 1.807) is 48.5 Å². The van der Waals surface area contributed by atoms with Gasteiger partial charge >= 0.3 is 0 Å². The second kappa shape index (κ2) is 7.65. The van der Waals surface area contributed by atoms with Crippen LogP contribution in [0.2, 0.25) is 0 Å². The zero-order valence-electron chi connectivity index (χ0n) is 14.9. The number of para-hydroxylation sites is 3. The molecule has 0 saturated heterocycles. The van der Waals surface area contributed by atoms with Gasteiger partial charge in [-0.2, -0.15) is 0 Å². The van der Waals surface area contributed by atoms with Crippen LogP contribution in [0.5, 0.6) is 0 Å². The molecule has 2 aromatic rings. The summed E-state index contributed by atoms with van der Waals surface area (Å²) in [4.78, 5) is 16.6. The predicted octanol–water partition coefficient (Wildman–Crippen LogP) is 2.86. The fraction of sp³-hybridized carbons (Fsp3) is 0.278. The van der Waals surface area contributed by atoms with Crippen molar-refractivity contribution in [2.45, 2.75) is 11.3 Å². The van der Waals surface area contributed by atoms with Gasteiger partial charge in [0, 0.05) is 20.0 Å². The van der Waals surface area contributed by atoms with E-state index in [0.717, 1.165) is 0 Å². The molecular weight excluding hydrogens is 374 g/mol. The van der Waals surface area contributed by atoms with Gasteiger partial charge in [-0.1, -0.05) is 24.3 Å². The van der Waals surface area contributed by atoms with Gasteiger partial charge in [0.25, 0.3) is 10.0 Å². The lowest BCUT2D eigenvalue weighted by Gasteiger charge is -2.25. The number of amides is 1. The van der Waals surface area contributed by atoms with Crippen LogP contribution in [0.3, 0.4) is 0 Å². The molecular formula is C18H22ClN3O3S. The number of carbonyl (C=O) groups is 1. The Morgan fingerprint density at radius 1 is 0.962 bits per heavy atom. The summed E-state index contributed by atoms with van der Waals surface area (Å²) in [7, 11) is 1.57. The number of benzene rings is 2. The van der Waals surface area contributed by atoms with E-state index in [2.05, 4.69) is 0 Å². The molecule has 1 aliphatic rings. The van der Waals surface area contributed by atoms with E-state index in [1.807, 2.05) is 19.0 Å². The van der Waals surface area contributed by atoms with Crippen LogP contribution in [0.25, 0.3) is 0 Å². The normalized spacial score (nSPS) is 14.9. The molecule has 0 saturated carbocycles. The highest BCUT2D eigenvalue weighted by molar-refractivity contribution is 7.93. The first-order valence-electron chi connectivity index (χ1n) is 7.98. The van der Waals surface area contributed by atoms with E-state index in [9.17, 15) is 13.2 Å². The third kappa shape index (κ3) is 3.42. The molecule has 1 aliphatic heterocycles. The first-order valence-corrected chi connectivity index (χ1v) is 9.42. The number of fused-ring (bicyclic) bond motifs is 2. The van der Waals surface area contributed by atoms with Crippen molar-refractivity contribution in [3.63, 3.8) is 0 Å². The topological polar surface area (TPSA) is 60.9 Å². The van der Waals surface area contributed by atoms with Gasteiger partial charge in [-0.15, -0.1) is 12.4 Å². The van der Waals surface area contributed by atoms with E-state index < -0.39 is 10.0 Å². The van der Waals surface area contributed by atoms with Gasteiger partial charge in [-0.25, -0.2) is 8.42 Å². The molecule has 0 atom stereocenters. The fourth-order valence-electron chi connectivity index (χ4n) is 2.89. The van der Waals surface area contributed by atoms with Crippen molar-refractivity contribution in [1.29, 1.82) is 0 Å². The molecule has 0 fully saturated rings. The summed E-state index contributed by atoms with van der Waals surface area (Å²) >= 11 is 0. The van der Waals surface area contributed by atoms with E-state index in [1.165, 1.54) is 16.3 Å². The van der Waals surface area contributed by atoms with Crippen molar-refractivity contribution in [2.75, 3.05) is 36.9 Å². The number of anilines is 3. The van der Waals surface area contributed by atoms with Crippen molar-refractivity contribution in [3.8, 4) is 0 Å². The Bertz CT molecular complexity index is 915. The highest BCUT2D eigenvalue weighted by atomic mass is 35.5. The molecule has 140 valence electrons. The third-order valence-corrected chi connectivity index (χ3v) is 6.05. The van der Waals surface area contributed by atoms with Gasteiger partial charge in [0.05, 0.1) is 17.1 Å². The second-order valence-electron chi connectivity index (χ2n) is 6.21. The largest absolute Gasteiger partial charge is 0.309 e. The molecule has 0 spiro atoms. The first-order chi connectivity index (χ1) is 11.8. The van der Waals surface area contributed by atoms with Crippen LogP contribution in [0.15, 0.2) is 53.4 Å². The second-order valence-corrected chi connectivity index (χ2v) is 8.15. The Balaban J connectivity index is 0.00000243. The first kappa shape index (κ1) is 20.2. The van der Waals surface area contributed by atoms with E-state index >= 15 is 0 Å². The monoisotopic (exact) mass is 395 g/mol. The Kier molecular flexibility index (Phi) is 5.95. The van der Waals surface area contributed by atoms with Gasteiger partial charge in [-0.05, 0) is 38.4 Å². The summed E-state index contributed by atoms with van der Waals surface area (Å²) in [5, 5.41) is 0. The Morgan fingerprint density at radius 3 is 2.12 bits per heavy atom. The molecule has 1 amide bonds. The van der Waals surface area contributed by atoms with Crippen molar-refractivity contribution in [3.05, 3.63) is 48.5 Å². The van der Waals surface area contributed by atoms with Gasteiger partial charge in [0.15, 0.2) is 0 Å². The van der Waals surface area contributed by atoms with Crippen LogP contribution in [0, 0.1) is 0 Å². The quantitative estimate of drug-likeness (QED) is 0.801. The van der Waals surface area contributed by atoms with E-state index in [-0.39, 0.29) is 23.2 Å². The van der Waals surface area contributed by atoms with Crippen LogP contribution in [0.1, 0.15) is 6.42 Å². The predicted molar refractivity (Wildman–Crippen MR) is 106 cm³/mol. The minimum atomic E-state index is -3.74. The lowest BCUT2D eigenvalue weighted by atomic mass is 10.2. The Labute approximate surface area is 160 Å². The number of hydrogen-bond acceptors (Lipinski definition) is 4. The molecule has 8 heteroatoms. The molecule has 2 aromatic carbocycles. The Morgan fingerprint density at radius 2 is 1.50 bits per heavy atom. The molecule has 6 nitrogen and oxygen atoms in total. The highest BCUT2D eigenvalue weighted by Crippen LogP contribution is 2.43. The highest BCUT2D eigenvalue weighted by Gasteiger charge is 2.35. The van der Waals surface area contributed by atoms with Crippen molar-refractivity contribution in [2.24, 2.45) is 0 Å². The summed E-state index contributed by atoms with van der Waals surface area (Å²) in [6.07, 6.45) is 0.291. The average Bonchev–Trinajstić information content (AvgIpc) is 2.66. The molecule has 0 bridgehead atoms. The van der Waals surface area contributed by atoms with Gasteiger partial charge in [0.1, 0.15) is 4.90 Å². The maximum atomic E-state index is 13.0. The summed E-state index contributed by atoms with van der Waals surface area (Å²) in [5.41, 5.74) is 1.45. The van der Waals surface area contributed by atoms with Crippen LogP contribution < -0.4 is 9.21 Å². The molecule has 0 N–H and O–H groups in total. The molecule has 0 aliphatic carbocycles. The lowest BCUT2D eigenvalue weighted by molar-refractivity contribution is -0.118. The molecule has 0 radical (unpaired) electrons. The van der Waals surface area contributed by atoms with Gasteiger partial charge in [-0.3, -0.25) is 14.0 Å². The molecule has 26 heavy (non-hydrogen) atoms. The number of rotatable bonds is 3. The lowest BCUT2D eigenvalue weighted by Crippen LogP contribution is -2.29.